The third-order valence-electron chi connectivity index (χ3n) is 9.45. The summed E-state index contributed by atoms with van der Waals surface area (Å²) in [5.41, 5.74) is 0. The first-order chi connectivity index (χ1) is 26.3. The molecule has 6 atom stereocenters. The number of carbonyl (C=O) groups excluding carboxylic acids is 2. The third-order valence-corrected chi connectivity index (χ3v) is 9.45. The molecule has 0 saturated carbocycles. The predicted molar refractivity (Wildman–Crippen MR) is 215 cm³/mol. The lowest BCUT2D eigenvalue weighted by Gasteiger charge is -2.39. The fourth-order valence-electron chi connectivity index (χ4n) is 6.08. The Bertz CT molecular complexity index is 1020. The van der Waals surface area contributed by atoms with Crippen LogP contribution in [0.5, 0.6) is 0 Å². The first-order valence-corrected chi connectivity index (χ1v) is 21.2. The lowest BCUT2D eigenvalue weighted by molar-refractivity contribution is -0.305. The summed E-state index contributed by atoms with van der Waals surface area (Å²) < 4.78 is 22.1. The second kappa shape index (κ2) is 35.1. The van der Waals surface area contributed by atoms with Gasteiger partial charge in [-0.05, 0) is 70.6 Å². The van der Waals surface area contributed by atoms with E-state index in [0.717, 1.165) is 89.9 Å². The van der Waals surface area contributed by atoms with Gasteiger partial charge in [0.25, 0.3) is 0 Å². The van der Waals surface area contributed by atoms with Gasteiger partial charge in [0.15, 0.2) is 12.4 Å². The van der Waals surface area contributed by atoms with E-state index in [4.69, 9.17) is 18.9 Å². The Morgan fingerprint density at radius 2 is 1.09 bits per heavy atom. The monoisotopic (exact) mass is 765 g/mol. The van der Waals surface area contributed by atoms with Crippen LogP contribution in [0.2, 0.25) is 0 Å². The van der Waals surface area contributed by atoms with Crippen molar-refractivity contribution in [3.05, 3.63) is 48.6 Å². The van der Waals surface area contributed by atoms with E-state index in [2.05, 4.69) is 62.5 Å². The molecule has 0 aromatic heterocycles. The summed E-state index contributed by atoms with van der Waals surface area (Å²) >= 11 is 0. The van der Waals surface area contributed by atoms with Crippen LogP contribution in [0.1, 0.15) is 162 Å². The molecule has 1 saturated heterocycles. The number of rotatable bonds is 34. The van der Waals surface area contributed by atoms with Gasteiger partial charge >= 0.3 is 11.9 Å². The summed E-state index contributed by atoms with van der Waals surface area (Å²) in [5.74, 6) is -0.839. The Morgan fingerprint density at radius 1 is 0.593 bits per heavy atom. The normalized spacial score (nSPS) is 21.2. The summed E-state index contributed by atoms with van der Waals surface area (Å²) in [6, 6.07) is 0. The average molecular weight is 765 g/mol. The number of hydrogen-bond donors (Lipinski definition) is 4. The molecule has 0 aromatic carbocycles. The topological polar surface area (TPSA) is 152 Å². The Labute approximate surface area is 327 Å². The highest BCUT2D eigenvalue weighted by Gasteiger charge is 2.44. The molecule has 1 rings (SSSR count). The fraction of sp³-hybridized carbons (Fsp3) is 0.773. The zero-order valence-corrected chi connectivity index (χ0v) is 33.7. The Balaban J connectivity index is 2.38. The molecule has 0 amide bonds. The standard InChI is InChI=1S/C44H76O10/c1-3-5-7-9-11-13-15-17-19-21-22-24-26-28-30-32-39(46)51-35-37(36-52-44-43(50)42(49)41(48)38(34-45)54-44)53-40(47)33-31-29-27-25-23-20-18-16-14-12-10-8-6-4-2/h5,7,11,13,16-19,37-38,41-45,48-50H,3-4,6,8-10,12,14-15,20-36H2,1-2H3/b7-5+,13-11+,18-16+,19-17+/t37-,38-,41+,42?,43?,44-/m0/s1. The lowest BCUT2D eigenvalue weighted by atomic mass is 9.99. The predicted octanol–water partition coefficient (Wildman–Crippen LogP) is 8.49. The number of esters is 2. The van der Waals surface area contributed by atoms with Crippen molar-refractivity contribution in [3.63, 3.8) is 0 Å². The van der Waals surface area contributed by atoms with E-state index in [0.29, 0.717) is 12.8 Å². The molecule has 10 nitrogen and oxygen atoms in total. The molecular formula is C44H76O10. The molecule has 1 heterocycles. The van der Waals surface area contributed by atoms with Gasteiger partial charge in [-0.25, -0.2) is 0 Å². The van der Waals surface area contributed by atoms with E-state index in [1.807, 2.05) is 0 Å². The van der Waals surface area contributed by atoms with Crippen molar-refractivity contribution in [3.8, 4) is 0 Å². The molecule has 54 heavy (non-hydrogen) atoms. The van der Waals surface area contributed by atoms with Gasteiger partial charge in [0.1, 0.15) is 31.0 Å². The van der Waals surface area contributed by atoms with Crippen molar-refractivity contribution in [2.75, 3.05) is 19.8 Å². The zero-order chi connectivity index (χ0) is 39.5. The van der Waals surface area contributed by atoms with Gasteiger partial charge in [0.2, 0.25) is 0 Å². The van der Waals surface area contributed by atoms with Crippen LogP contribution in [0.25, 0.3) is 0 Å². The third kappa shape index (κ3) is 26.5. The molecule has 1 aliphatic heterocycles. The van der Waals surface area contributed by atoms with Gasteiger partial charge in [-0.1, -0.05) is 127 Å². The van der Waals surface area contributed by atoms with E-state index in [1.54, 1.807) is 0 Å². The Kier molecular flexibility index (Phi) is 32.3. The summed E-state index contributed by atoms with van der Waals surface area (Å²) in [4.78, 5) is 25.3. The highest BCUT2D eigenvalue weighted by Crippen LogP contribution is 2.22. The smallest absolute Gasteiger partial charge is 0.306 e. The number of ether oxygens (including phenoxy) is 4. The number of carbonyl (C=O) groups is 2. The quantitative estimate of drug-likeness (QED) is 0.0285. The number of hydrogen-bond acceptors (Lipinski definition) is 10. The maximum atomic E-state index is 12.7. The molecule has 1 aliphatic rings. The highest BCUT2D eigenvalue weighted by atomic mass is 16.7. The molecule has 0 radical (unpaired) electrons. The lowest BCUT2D eigenvalue weighted by Crippen LogP contribution is -2.59. The van der Waals surface area contributed by atoms with E-state index in [-0.39, 0.29) is 26.1 Å². The van der Waals surface area contributed by atoms with Crippen molar-refractivity contribution in [1.82, 2.24) is 0 Å². The number of allylic oxidation sites excluding steroid dienone is 8. The van der Waals surface area contributed by atoms with Crippen LogP contribution >= 0.6 is 0 Å². The van der Waals surface area contributed by atoms with Crippen molar-refractivity contribution < 1.29 is 49.0 Å². The van der Waals surface area contributed by atoms with Crippen molar-refractivity contribution >= 4 is 11.9 Å². The molecule has 10 heteroatoms. The first-order valence-electron chi connectivity index (χ1n) is 21.2. The van der Waals surface area contributed by atoms with E-state index >= 15 is 0 Å². The largest absolute Gasteiger partial charge is 0.462 e. The maximum absolute atomic E-state index is 12.7. The van der Waals surface area contributed by atoms with Crippen molar-refractivity contribution in [2.45, 2.75) is 198 Å². The number of aliphatic hydroxyl groups is 4. The van der Waals surface area contributed by atoms with Gasteiger partial charge in [0, 0.05) is 12.8 Å². The maximum Gasteiger partial charge on any atom is 0.306 e. The van der Waals surface area contributed by atoms with Crippen molar-refractivity contribution in [2.24, 2.45) is 0 Å². The van der Waals surface area contributed by atoms with Crippen LogP contribution in [-0.4, -0.2) is 89.0 Å². The fourth-order valence-corrected chi connectivity index (χ4v) is 6.08. The van der Waals surface area contributed by atoms with Crippen molar-refractivity contribution in [1.29, 1.82) is 0 Å². The van der Waals surface area contributed by atoms with E-state index in [9.17, 15) is 30.0 Å². The minimum absolute atomic E-state index is 0.214. The van der Waals surface area contributed by atoms with Crippen LogP contribution in [0, 0.1) is 0 Å². The van der Waals surface area contributed by atoms with Gasteiger partial charge in [-0.3, -0.25) is 9.59 Å². The molecule has 2 unspecified atom stereocenters. The van der Waals surface area contributed by atoms with Crippen LogP contribution in [0.15, 0.2) is 48.6 Å². The molecule has 4 N–H and O–H groups in total. The Morgan fingerprint density at radius 3 is 1.67 bits per heavy atom. The summed E-state index contributed by atoms with van der Waals surface area (Å²) in [6.07, 6.45) is 32.6. The SMILES string of the molecule is CC/C=C/C/C=C/C/C=C/CCCCCCCC(=O)OC[C@@H](CO[C@H]1O[C@@H](CO)[C@@H](O)C(O)C1O)OC(=O)CCCCCCC/C=C/CCCCCCC. The molecule has 0 aromatic rings. The van der Waals surface area contributed by atoms with Crippen LogP contribution in [-0.2, 0) is 28.5 Å². The molecular weight excluding hydrogens is 688 g/mol. The Hall–Kier alpha value is -2.34. The van der Waals surface area contributed by atoms with Crippen LogP contribution in [0.3, 0.4) is 0 Å². The van der Waals surface area contributed by atoms with Crippen LogP contribution < -0.4 is 0 Å². The molecule has 0 aliphatic carbocycles. The minimum atomic E-state index is -1.60. The molecule has 0 bridgehead atoms. The highest BCUT2D eigenvalue weighted by molar-refractivity contribution is 5.70. The minimum Gasteiger partial charge on any atom is -0.462 e. The zero-order valence-electron chi connectivity index (χ0n) is 33.7. The second-order valence-electron chi connectivity index (χ2n) is 14.4. The van der Waals surface area contributed by atoms with Gasteiger partial charge in [-0.2, -0.15) is 0 Å². The van der Waals surface area contributed by atoms with Gasteiger partial charge in [0.05, 0.1) is 13.2 Å². The van der Waals surface area contributed by atoms with Gasteiger partial charge < -0.3 is 39.4 Å². The summed E-state index contributed by atoms with van der Waals surface area (Å²) in [6.45, 7) is 3.26. The second-order valence-corrected chi connectivity index (χ2v) is 14.4. The van der Waals surface area contributed by atoms with Crippen LogP contribution in [0.4, 0.5) is 0 Å². The van der Waals surface area contributed by atoms with E-state index in [1.165, 1.54) is 32.1 Å². The number of aliphatic hydroxyl groups excluding tert-OH is 4. The molecule has 1 fully saturated rings. The molecule has 0 spiro atoms. The number of unbranched alkanes of at least 4 members (excludes halogenated alkanes) is 15. The van der Waals surface area contributed by atoms with E-state index < -0.39 is 55.4 Å². The van der Waals surface area contributed by atoms with Gasteiger partial charge in [-0.15, -0.1) is 0 Å². The first kappa shape index (κ1) is 49.7. The summed E-state index contributed by atoms with van der Waals surface area (Å²) in [5, 5.41) is 40.0. The molecule has 312 valence electrons. The average Bonchev–Trinajstić information content (AvgIpc) is 3.17. The summed E-state index contributed by atoms with van der Waals surface area (Å²) in [7, 11) is 0.